The van der Waals surface area contributed by atoms with Crippen molar-refractivity contribution in [2.75, 3.05) is 32.0 Å². The van der Waals surface area contributed by atoms with Gasteiger partial charge in [-0.2, -0.15) is 18.8 Å². The minimum absolute atomic E-state index is 0. The van der Waals surface area contributed by atoms with Gasteiger partial charge in [-0.15, -0.1) is 11.3 Å². The number of anilines is 1. The first-order valence-corrected chi connectivity index (χ1v) is 12.6. The molecule has 0 unspecified atom stereocenters. The molecule has 1 fully saturated rings. The number of piperidine rings is 1. The topological polar surface area (TPSA) is 150 Å². The third-order valence-corrected chi connectivity index (χ3v) is 7.01. The van der Waals surface area contributed by atoms with Gasteiger partial charge in [0.25, 0.3) is 5.91 Å². The van der Waals surface area contributed by atoms with Crippen molar-refractivity contribution in [3.05, 3.63) is 52.8 Å². The number of nitrogens with zero attached hydrogens (tertiary/aromatic N) is 5. The molecule has 12 heteroatoms. The molecule has 196 valence electrons. The smallest absolute Gasteiger partial charge is 0.270 e. The number of nitriles is 1. The average Bonchev–Trinajstić information content (AvgIpc) is 3.37. The number of pyridine rings is 2. The standard InChI is InChI=1S/C25H29N7O3S.H2S/c1-16(15-33)35-24-19(11-26)20(27)10-22(31-24)23(34)29-12-17-5-8-32(9-6-17)14-18-13-30-25(36-18)21-4-2-3-7-28-21;/h2-4,7,10,13,16-17,33H,5-6,8-9,12,14-15H2,1H3,(H2,27,31)(H,29,34);1H2/t16-;/m0./s1. The molecule has 0 saturated carbocycles. The Labute approximate surface area is 227 Å². The summed E-state index contributed by atoms with van der Waals surface area (Å²) in [4.78, 5) is 29.4. The summed E-state index contributed by atoms with van der Waals surface area (Å²) < 4.78 is 5.48. The van der Waals surface area contributed by atoms with E-state index in [2.05, 4.69) is 25.2 Å². The minimum atomic E-state index is -0.584. The Morgan fingerprint density at radius 1 is 1.38 bits per heavy atom. The Kier molecular flexibility index (Phi) is 10.2. The number of aromatic nitrogens is 3. The SMILES string of the molecule is C[C@@H](CO)Oc1nc(C(=O)NCC2CCN(Cc3cnc(-c4ccccn4)s3)CC2)cc(N)c1C#N.S. The highest BCUT2D eigenvalue weighted by molar-refractivity contribution is 7.59. The number of nitrogens with one attached hydrogen (secondary N) is 1. The van der Waals surface area contributed by atoms with Gasteiger partial charge in [-0.25, -0.2) is 9.97 Å². The molecule has 37 heavy (non-hydrogen) atoms. The lowest BCUT2D eigenvalue weighted by Crippen LogP contribution is -2.38. The predicted molar refractivity (Wildman–Crippen MR) is 147 cm³/mol. The van der Waals surface area contributed by atoms with Gasteiger partial charge in [0.2, 0.25) is 5.88 Å². The molecule has 1 atom stereocenters. The Hall–Kier alpha value is -3.24. The zero-order valence-electron chi connectivity index (χ0n) is 20.6. The number of aliphatic hydroxyl groups is 1. The maximum atomic E-state index is 12.7. The first kappa shape index (κ1) is 28.3. The normalized spacial score (nSPS) is 14.8. The van der Waals surface area contributed by atoms with Crippen molar-refractivity contribution in [3.8, 4) is 22.7 Å². The maximum Gasteiger partial charge on any atom is 0.270 e. The third-order valence-electron chi connectivity index (χ3n) is 6.01. The molecule has 4 rings (SSSR count). The Balaban J connectivity index is 0.00000380. The van der Waals surface area contributed by atoms with Crippen molar-refractivity contribution >= 4 is 36.4 Å². The maximum absolute atomic E-state index is 12.7. The summed E-state index contributed by atoms with van der Waals surface area (Å²) in [5.41, 5.74) is 7.08. The predicted octanol–water partition coefficient (Wildman–Crippen LogP) is 2.57. The molecule has 10 nitrogen and oxygen atoms in total. The van der Waals surface area contributed by atoms with Crippen LogP contribution in [0.1, 0.15) is 40.7 Å². The van der Waals surface area contributed by atoms with Crippen LogP contribution in [-0.4, -0.2) is 63.2 Å². The van der Waals surface area contributed by atoms with Gasteiger partial charge in [0.15, 0.2) is 0 Å². The van der Waals surface area contributed by atoms with Gasteiger partial charge < -0.3 is 20.9 Å². The van der Waals surface area contributed by atoms with Gasteiger partial charge in [0, 0.05) is 30.4 Å². The van der Waals surface area contributed by atoms with Gasteiger partial charge >= 0.3 is 0 Å². The number of aliphatic hydroxyl groups excluding tert-OH is 1. The van der Waals surface area contributed by atoms with Crippen molar-refractivity contribution < 1.29 is 14.6 Å². The van der Waals surface area contributed by atoms with Crippen LogP contribution in [-0.2, 0) is 6.54 Å². The highest BCUT2D eigenvalue weighted by Gasteiger charge is 2.22. The highest BCUT2D eigenvalue weighted by Crippen LogP contribution is 2.26. The second kappa shape index (κ2) is 13.3. The van der Waals surface area contributed by atoms with E-state index in [4.69, 9.17) is 10.5 Å². The number of carbonyl (C=O) groups excluding carboxylic acids is 1. The first-order chi connectivity index (χ1) is 17.5. The van der Waals surface area contributed by atoms with Crippen molar-refractivity contribution in [3.63, 3.8) is 0 Å². The van der Waals surface area contributed by atoms with E-state index in [9.17, 15) is 15.2 Å². The van der Waals surface area contributed by atoms with E-state index in [1.165, 1.54) is 10.9 Å². The van der Waals surface area contributed by atoms with E-state index >= 15 is 0 Å². The molecular formula is C25H31N7O3S2. The van der Waals surface area contributed by atoms with Crippen molar-refractivity contribution in [1.29, 1.82) is 5.26 Å². The number of nitrogens with two attached hydrogens (primary N) is 1. The summed E-state index contributed by atoms with van der Waals surface area (Å²) in [5, 5.41) is 22.4. The summed E-state index contributed by atoms with van der Waals surface area (Å²) in [7, 11) is 0. The van der Waals surface area contributed by atoms with Crippen molar-refractivity contribution in [1.82, 2.24) is 25.2 Å². The largest absolute Gasteiger partial charge is 0.471 e. The number of rotatable bonds is 9. The summed E-state index contributed by atoms with van der Waals surface area (Å²) in [5.74, 6) is -0.0646. The number of hydrogen-bond acceptors (Lipinski definition) is 10. The lowest BCUT2D eigenvalue weighted by molar-refractivity contribution is 0.0926. The lowest BCUT2D eigenvalue weighted by Gasteiger charge is -2.31. The van der Waals surface area contributed by atoms with Crippen LogP contribution in [0.25, 0.3) is 10.7 Å². The average molecular weight is 542 g/mol. The Bertz CT molecular complexity index is 1220. The van der Waals surface area contributed by atoms with Gasteiger partial charge in [-0.05, 0) is 57.0 Å². The molecule has 3 aromatic rings. The van der Waals surface area contributed by atoms with Crippen LogP contribution in [0.2, 0.25) is 0 Å². The zero-order chi connectivity index (χ0) is 25.5. The number of nitrogen functional groups attached to an aromatic ring is 1. The van der Waals surface area contributed by atoms with E-state index < -0.39 is 6.10 Å². The number of ether oxygens (including phenoxy) is 1. The van der Waals surface area contributed by atoms with E-state index in [-0.39, 0.29) is 48.8 Å². The monoisotopic (exact) mass is 541 g/mol. The van der Waals surface area contributed by atoms with Crippen LogP contribution in [0.3, 0.4) is 0 Å². The fourth-order valence-electron chi connectivity index (χ4n) is 3.97. The molecular weight excluding hydrogens is 510 g/mol. The summed E-state index contributed by atoms with van der Waals surface area (Å²) in [6, 6.07) is 9.14. The number of hydrogen-bond donors (Lipinski definition) is 3. The van der Waals surface area contributed by atoms with Crippen LogP contribution in [0.5, 0.6) is 5.88 Å². The van der Waals surface area contributed by atoms with Gasteiger partial charge in [0.1, 0.15) is 28.4 Å². The molecule has 3 aromatic heterocycles. The molecule has 0 aliphatic carbocycles. The molecule has 1 aliphatic heterocycles. The number of likely N-dealkylation sites (tertiary alicyclic amines) is 1. The molecule has 1 saturated heterocycles. The van der Waals surface area contributed by atoms with Gasteiger partial charge in [-0.1, -0.05) is 6.07 Å². The van der Waals surface area contributed by atoms with E-state index in [1.54, 1.807) is 24.5 Å². The minimum Gasteiger partial charge on any atom is -0.471 e. The molecule has 4 N–H and O–H groups in total. The second-order valence-electron chi connectivity index (χ2n) is 8.78. The van der Waals surface area contributed by atoms with Crippen molar-refractivity contribution in [2.24, 2.45) is 5.92 Å². The molecule has 0 radical (unpaired) electrons. The third kappa shape index (κ3) is 7.39. The fraction of sp³-hybridized carbons (Fsp3) is 0.400. The van der Waals surface area contributed by atoms with Crippen LogP contribution in [0.15, 0.2) is 36.7 Å². The number of amides is 1. The van der Waals surface area contributed by atoms with Crippen LogP contribution in [0.4, 0.5) is 5.69 Å². The van der Waals surface area contributed by atoms with Gasteiger partial charge in [-0.3, -0.25) is 14.7 Å². The van der Waals surface area contributed by atoms with E-state index in [0.717, 1.165) is 43.2 Å². The molecule has 0 bridgehead atoms. The lowest BCUT2D eigenvalue weighted by atomic mass is 9.96. The van der Waals surface area contributed by atoms with E-state index in [0.29, 0.717) is 12.5 Å². The number of carbonyl (C=O) groups is 1. The highest BCUT2D eigenvalue weighted by atomic mass is 32.1. The zero-order valence-corrected chi connectivity index (χ0v) is 22.4. The molecule has 4 heterocycles. The Morgan fingerprint density at radius 2 is 2.16 bits per heavy atom. The molecule has 1 amide bonds. The summed E-state index contributed by atoms with van der Waals surface area (Å²) >= 11 is 1.67. The quantitative estimate of drug-likeness (QED) is 0.371. The van der Waals surface area contributed by atoms with Gasteiger partial charge in [0.05, 0.1) is 18.0 Å². The van der Waals surface area contributed by atoms with Crippen LogP contribution >= 0.6 is 24.8 Å². The summed E-state index contributed by atoms with van der Waals surface area (Å²) in [6.45, 7) is 4.64. The summed E-state index contributed by atoms with van der Waals surface area (Å²) in [6.07, 6.45) is 5.06. The van der Waals surface area contributed by atoms with Crippen molar-refractivity contribution in [2.45, 2.75) is 32.4 Å². The molecule has 1 aliphatic rings. The van der Waals surface area contributed by atoms with Crippen LogP contribution in [0, 0.1) is 17.2 Å². The van der Waals surface area contributed by atoms with E-state index in [1.807, 2.05) is 30.5 Å². The Morgan fingerprint density at radius 3 is 2.84 bits per heavy atom. The fourth-order valence-corrected chi connectivity index (χ4v) is 4.90. The second-order valence-corrected chi connectivity index (χ2v) is 9.89. The first-order valence-electron chi connectivity index (χ1n) is 11.8. The van der Waals surface area contributed by atoms with Crippen LogP contribution < -0.4 is 15.8 Å². The number of thiazole rings is 1. The molecule has 0 spiro atoms. The molecule has 0 aromatic carbocycles.